The van der Waals surface area contributed by atoms with Crippen LogP contribution >= 0.6 is 0 Å². The molecule has 17 nitrogen and oxygen atoms in total. The number of rotatable bonds is 8. The SMILES string of the molecule is CC(C)=C[C@H]1C[C@@](C)(O)[C@H]2[C@@H]3CC[C@@H]4[C@]5(C)CC[C@H](O[C@@H]6OC[C@@H](O)[C@@H](O[C@H]7O[C@H](CO)[C@H](O)[C@@H](O)[C@@H]7O)[C@@H]6O[C@@H]6O[C@H](C)[C@H](O)[C@H](O)[C@H]6O)C(C)(C)[C@@H]5CC[C@@]4(C)[C@]34CO[C@]2(C4)O1. The maximum Gasteiger partial charge on any atom is 0.187 e. The van der Waals surface area contributed by atoms with Crippen LogP contribution < -0.4 is 0 Å². The second-order valence-electron chi connectivity index (χ2n) is 23.0. The molecule has 17 heteroatoms. The van der Waals surface area contributed by atoms with E-state index in [0.717, 1.165) is 44.1 Å². The summed E-state index contributed by atoms with van der Waals surface area (Å²) in [7, 11) is 0. The fourth-order valence-corrected chi connectivity index (χ4v) is 15.8. The molecule has 366 valence electrons. The lowest BCUT2D eigenvalue weighted by molar-refractivity contribution is -0.388. The molecule has 64 heavy (non-hydrogen) atoms. The maximum absolute atomic E-state index is 12.2. The molecule has 9 fully saturated rings. The highest BCUT2D eigenvalue weighted by Gasteiger charge is 2.81. The molecule has 0 aromatic carbocycles. The lowest BCUT2D eigenvalue weighted by Gasteiger charge is -2.70. The smallest absolute Gasteiger partial charge is 0.187 e. The van der Waals surface area contributed by atoms with Gasteiger partial charge >= 0.3 is 0 Å². The van der Waals surface area contributed by atoms with Gasteiger partial charge in [-0.05, 0) is 100 Å². The van der Waals surface area contributed by atoms with E-state index in [-0.39, 0.29) is 46.7 Å². The Morgan fingerprint density at radius 3 is 2.09 bits per heavy atom. The minimum absolute atomic E-state index is 0.0656. The molecule has 0 unspecified atom stereocenters. The van der Waals surface area contributed by atoms with Crippen molar-refractivity contribution < 1.29 is 83.9 Å². The van der Waals surface area contributed by atoms with Crippen LogP contribution in [0.5, 0.6) is 0 Å². The zero-order valence-electron chi connectivity index (χ0n) is 38.7. The molecular weight excluding hydrogens is 836 g/mol. The highest BCUT2D eigenvalue weighted by atomic mass is 16.8. The lowest BCUT2D eigenvalue weighted by atomic mass is 9.35. The minimum Gasteiger partial charge on any atom is -0.394 e. The molecule has 2 bridgehead atoms. The Morgan fingerprint density at radius 2 is 1.41 bits per heavy atom. The van der Waals surface area contributed by atoms with Gasteiger partial charge in [-0.25, -0.2) is 0 Å². The second kappa shape index (κ2) is 16.6. The Balaban J connectivity index is 0.974. The van der Waals surface area contributed by atoms with Gasteiger partial charge in [-0.15, -0.1) is 0 Å². The topological polar surface area (TPSA) is 256 Å². The maximum atomic E-state index is 12.2. The first kappa shape index (κ1) is 48.1. The van der Waals surface area contributed by atoms with Crippen molar-refractivity contribution in [2.45, 2.75) is 216 Å². The van der Waals surface area contributed by atoms with Crippen LogP contribution in [0.25, 0.3) is 0 Å². The van der Waals surface area contributed by atoms with Gasteiger partial charge in [0.2, 0.25) is 0 Å². The fourth-order valence-electron chi connectivity index (χ4n) is 15.8. The minimum atomic E-state index is -1.79. The summed E-state index contributed by atoms with van der Waals surface area (Å²) in [6, 6.07) is 0. The summed E-state index contributed by atoms with van der Waals surface area (Å²) in [6.07, 6.45) is -12.6. The number of aliphatic hydroxyl groups is 9. The van der Waals surface area contributed by atoms with Crippen molar-refractivity contribution in [3.63, 3.8) is 0 Å². The summed E-state index contributed by atoms with van der Waals surface area (Å²) in [4.78, 5) is 0. The third-order valence-corrected chi connectivity index (χ3v) is 18.7. The number of allylic oxidation sites excluding steroid dienone is 1. The van der Waals surface area contributed by atoms with Crippen molar-refractivity contribution in [3.8, 4) is 0 Å². The van der Waals surface area contributed by atoms with E-state index in [4.69, 9.17) is 37.9 Å². The molecule has 4 saturated carbocycles. The van der Waals surface area contributed by atoms with Crippen LogP contribution in [-0.2, 0) is 37.9 Å². The van der Waals surface area contributed by atoms with E-state index in [1.807, 2.05) is 6.92 Å². The average molecular weight is 913 g/mol. The summed E-state index contributed by atoms with van der Waals surface area (Å²) >= 11 is 0. The molecule has 0 radical (unpaired) electrons. The van der Waals surface area contributed by atoms with Gasteiger partial charge in [-0.1, -0.05) is 39.3 Å². The molecule has 5 saturated heterocycles. The molecule has 0 amide bonds. The van der Waals surface area contributed by atoms with E-state index in [9.17, 15) is 46.0 Å². The number of fused-ring (bicyclic) bond motifs is 4. The normalized spacial score (nSPS) is 57.8. The van der Waals surface area contributed by atoms with Gasteiger partial charge in [0.15, 0.2) is 24.7 Å². The van der Waals surface area contributed by atoms with Crippen LogP contribution in [0.4, 0.5) is 0 Å². The number of hydrogen-bond donors (Lipinski definition) is 9. The van der Waals surface area contributed by atoms with Gasteiger partial charge in [0.1, 0.15) is 61.0 Å². The Hall–Kier alpha value is -0.940. The van der Waals surface area contributed by atoms with Gasteiger partial charge in [-0.3, -0.25) is 0 Å². The van der Waals surface area contributed by atoms with Crippen LogP contribution in [0.3, 0.4) is 0 Å². The largest absolute Gasteiger partial charge is 0.394 e. The van der Waals surface area contributed by atoms with Crippen molar-refractivity contribution >= 4 is 0 Å². The van der Waals surface area contributed by atoms with Crippen molar-refractivity contribution in [2.24, 2.45) is 45.3 Å². The Bertz CT molecular complexity index is 1740. The summed E-state index contributed by atoms with van der Waals surface area (Å²) < 4.78 is 51.0. The number of ether oxygens (including phenoxy) is 8. The van der Waals surface area contributed by atoms with Gasteiger partial charge in [0, 0.05) is 24.2 Å². The molecule has 2 spiro atoms. The summed E-state index contributed by atoms with van der Waals surface area (Å²) in [6.45, 7) is 16.7. The number of hydrogen-bond acceptors (Lipinski definition) is 17. The van der Waals surface area contributed by atoms with Crippen LogP contribution in [-0.4, -0.2) is 175 Å². The molecule has 9 aliphatic rings. The van der Waals surface area contributed by atoms with Crippen LogP contribution in [0, 0.1) is 45.3 Å². The van der Waals surface area contributed by atoms with Crippen molar-refractivity contribution in [1.82, 2.24) is 0 Å². The average Bonchev–Trinajstić information content (AvgIpc) is 3.74. The second-order valence-corrected chi connectivity index (χ2v) is 23.0. The molecule has 9 rings (SSSR count). The first-order valence-corrected chi connectivity index (χ1v) is 23.9. The standard InChI is InChI=1S/C47H76O17/c1-21(2)15-23-16-45(8,56)38-24-9-10-28-43(6)13-12-29(42(4,5)27(43)11-14-44(28,7)46(24)19-47(38,64-23)58-20-46)61-41-37(63-39-34(54)32(52)30(50)22(3)59-39)36(25(49)18-57-41)62-40-35(55)33(53)31(51)26(17-48)60-40/h15,22-41,48-56H,9-14,16-20H2,1-8H3/t22-,23+,24+,25-,26-,27+,28-,29+,30+,31+,32+,33-,34-,35+,36-,37+,38-,39+,40-,41+,43-,44-,45-,46-,47-/m1/s1. The predicted molar refractivity (Wildman–Crippen MR) is 223 cm³/mol. The summed E-state index contributed by atoms with van der Waals surface area (Å²) in [5.41, 5.74) is -0.471. The van der Waals surface area contributed by atoms with E-state index in [2.05, 4.69) is 47.6 Å². The zero-order valence-corrected chi connectivity index (χ0v) is 38.7. The van der Waals surface area contributed by atoms with Crippen molar-refractivity contribution in [3.05, 3.63) is 11.6 Å². The van der Waals surface area contributed by atoms with E-state index in [1.165, 1.54) is 6.92 Å². The van der Waals surface area contributed by atoms with Gasteiger partial charge < -0.3 is 83.9 Å². The predicted octanol–water partition coefficient (Wildman–Crippen LogP) is 0.994. The van der Waals surface area contributed by atoms with E-state index in [0.29, 0.717) is 25.4 Å². The Labute approximate surface area is 376 Å². The molecule has 9 N–H and O–H groups in total. The van der Waals surface area contributed by atoms with Crippen LogP contribution in [0.1, 0.15) is 107 Å². The van der Waals surface area contributed by atoms with Crippen LogP contribution in [0.15, 0.2) is 11.6 Å². The first-order chi connectivity index (χ1) is 29.9. The third-order valence-electron chi connectivity index (χ3n) is 18.7. The highest BCUT2D eigenvalue weighted by Crippen LogP contribution is 2.80. The van der Waals surface area contributed by atoms with E-state index >= 15 is 0 Å². The quantitative estimate of drug-likeness (QED) is 0.122. The third kappa shape index (κ3) is 7.19. The molecular formula is C47H76O17. The molecule has 5 heterocycles. The molecule has 25 atom stereocenters. The monoisotopic (exact) mass is 913 g/mol. The van der Waals surface area contributed by atoms with Crippen molar-refractivity contribution in [1.29, 1.82) is 0 Å². The molecule has 0 aromatic rings. The van der Waals surface area contributed by atoms with Gasteiger partial charge in [0.25, 0.3) is 0 Å². The van der Waals surface area contributed by atoms with Gasteiger partial charge in [-0.2, -0.15) is 0 Å². The molecule has 4 aliphatic carbocycles. The van der Waals surface area contributed by atoms with Crippen molar-refractivity contribution in [2.75, 3.05) is 19.8 Å². The first-order valence-electron chi connectivity index (χ1n) is 23.9. The van der Waals surface area contributed by atoms with Gasteiger partial charge in [0.05, 0.1) is 43.7 Å². The summed E-state index contributed by atoms with van der Waals surface area (Å²) in [5, 5.41) is 97.7. The van der Waals surface area contributed by atoms with E-state index in [1.54, 1.807) is 0 Å². The zero-order chi connectivity index (χ0) is 46.3. The van der Waals surface area contributed by atoms with E-state index < -0.39 is 116 Å². The highest BCUT2D eigenvalue weighted by molar-refractivity contribution is 5.26. The molecule has 0 aromatic heterocycles. The Morgan fingerprint density at radius 1 is 0.734 bits per heavy atom. The van der Waals surface area contributed by atoms with Crippen LogP contribution in [0.2, 0.25) is 0 Å². The number of aliphatic hydroxyl groups excluding tert-OH is 8. The lowest BCUT2D eigenvalue weighted by Crippen LogP contribution is -2.68. The summed E-state index contributed by atoms with van der Waals surface area (Å²) in [5.74, 6) is -0.0364. The Kier molecular flexibility index (Phi) is 12.5. The molecule has 5 aliphatic heterocycles. The fraction of sp³-hybridized carbons (Fsp3) is 0.957.